The van der Waals surface area contributed by atoms with Crippen molar-refractivity contribution in [3.63, 3.8) is 0 Å². The van der Waals surface area contributed by atoms with Gasteiger partial charge in [0.1, 0.15) is 11.9 Å². The molecule has 1 aromatic heterocycles. The summed E-state index contributed by atoms with van der Waals surface area (Å²) >= 11 is 3.23. The third kappa shape index (κ3) is 5.22. The Balaban J connectivity index is 1.23. The van der Waals surface area contributed by atoms with Gasteiger partial charge < -0.3 is 14.4 Å². The predicted octanol–water partition coefficient (Wildman–Crippen LogP) is 4.61. The molecule has 0 radical (unpaired) electrons. The Labute approximate surface area is 179 Å². The van der Waals surface area contributed by atoms with Gasteiger partial charge in [-0.05, 0) is 17.7 Å². The molecule has 0 unspecified atom stereocenters. The smallest absolute Gasteiger partial charge is 0.274 e. The van der Waals surface area contributed by atoms with Crippen LogP contribution in [0.1, 0.15) is 18.4 Å². The van der Waals surface area contributed by atoms with Crippen molar-refractivity contribution in [1.82, 2.24) is 9.88 Å². The first-order valence-electron chi connectivity index (χ1n) is 9.72. The summed E-state index contributed by atoms with van der Waals surface area (Å²) in [6.45, 7) is 1.49. The number of thioether (sulfide) groups is 1. The first-order chi connectivity index (χ1) is 14.2. The molecule has 5 nitrogen and oxygen atoms in total. The number of fused-ring (bicyclic) bond motifs is 1. The number of aromatic nitrogens is 1. The molecule has 4 rings (SSSR count). The Bertz CT molecular complexity index is 953. The highest BCUT2D eigenvalue weighted by Gasteiger charge is 2.24. The zero-order valence-electron chi connectivity index (χ0n) is 16.4. The van der Waals surface area contributed by atoms with Crippen molar-refractivity contribution in [3.8, 4) is 10.9 Å². The topological polar surface area (TPSA) is 51.7 Å². The average molecular weight is 429 g/mol. The van der Waals surface area contributed by atoms with Gasteiger partial charge in [0.15, 0.2) is 0 Å². The van der Waals surface area contributed by atoms with Crippen LogP contribution in [0.15, 0.2) is 48.5 Å². The van der Waals surface area contributed by atoms with Gasteiger partial charge in [-0.3, -0.25) is 4.79 Å². The zero-order chi connectivity index (χ0) is 20.1. The van der Waals surface area contributed by atoms with Gasteiger partial charge in [-0.15, -0.1) is 11.8 Å². The number of rotatable bonds is 7. The number of hydrogen-bond donors (Lipinski definition) is 0. The third-order valence-electron chi connectivity index (χ3n) is 4.97. The number of likely N-dealkylation sites (tertiary alicyclic amines) is 1. The summed E-state index contributed by atoms with van der Waals surface area (Å²) in [5.74, 6) is 2.41. The van der Waals surface area contributed by atoms with Gasteiger partial charge in [0, 0.05) is 37.8 Å². The zero-order valence-corrected chi connectivity index (χ0v) is 18.0. The maximum Gasteiger partial charge on any atom is 0.274 e. The van der Waals surface area contributed by atoms with Crippen molar-refractivity contribution in [3.05, 3.63) is 54.1 Å². The quantitative estimate of drug-likeness (QED) is 0.550. The summed E-state index contributed by atoms with van der Waals surface area (Å²) < 4.78 is 12.4. The average Bonchev–Trinajstić information content (AvgIpc) is 3.16. The summed E-state index contributed by atoms with van der Waals surface area (Å²) in [6, 6.07) is 16.1. The molecule has 1 aliphatic heterocycles. The third-order valence-corrected chi connectivity index (χ3v) is 6.89. The lowest BCUT2D eigenvalue weighted by Crippen LogP contribution is -2.42. The maximum absolute atomic E-state index is 12.5. The van der Waals surface area contributed by atoms with Crippen LogP contribution in [0.5, 0.6) is 10.9 Å². The van der Waals surface area contributed by atoms with E-state index in [1.807, 2.05) is 41.3 Å². The van der Waals surface area contributed by atoms with E-state index in [0.29, 0.717) is 10.9 Å². The van der Waals surface area contributed by atoms with Gasteiger partial charge >= 0.3 is 0 Å². The second-order valence-electron chi connectivity index (χ2n) is 6.99. The number of carbonyl (C=O) groups excluding carboxylic acids is 1. The fraction of sp³-hybridized carbons (Fsp3) is 0.364. The molecule has 152 valence electrons. The molecule has 0 aliphatic carbocycles. The number of piperidine rings is 1. The molecule has 0 atom stereocenters. The monoisotopic (exact) mass is 428 g/mol. The molecule has 29 heavy (non-hydrogen) atoms. The maximum atomic E-state index is 12.5. The van der Waals surface area contributed by atoms with E-state index in [1.165, 1.54) is 5.56 Å². The lowest BCUT2D eigenvalue weighted by Gasteiger charge is -2.31. The lowest BCUT2D eigenvalue weighted by molar-refractivity contribution is -0.130. The molecular formula is C22H24N2O3S2. The van der Waals surface area contributed by atoms with Gasteiger partial charge in [0.05, 0.1) is 23.1 Å². The summed E-state index contributed by atoms with van der Waals surface area (Å²) in [4.78, 5) is 19.0. The van der Waals surface area contributed by atoms with Gasteiger partial charge in [-0.1, -0.05) is 41.7 Å². The molecule has 1 amide bonds. The van der Waals surface area contributed by atoms with E-state index in [0.717, 1.165) is 47.7 Å². The molecule has 0 spiro atoms. The van der Waals surface area contributed by atoms with E-state index >= 15 is 0 Å². The molecule has 0 N–H and O–H groups in total. The van der Waals surface area contributed by atoms with Crippen molar-refractivity contribution < 1.29 is 14.3 Å². The highest BCUT2D eigenvalue weighted by Crippen LogP contribution is 2.32. The number of carbonyl (C=O) groups is 1. The van der Waals surface area contributed by atoms with E-state index in [-0.39, 0.29) is 12.0 Å². The van der Waals surface area contributed by atoms with Gasteiger partial charge in [0.2, 0.25) is 5.91 Å². The number of benzene rings is 2. The van der Waals surface area contributed by atoms with Crippen LogP contribution in [0.3, 0.4) is 0 Å². The number of hydrogen-bond acceptors (Lipinski definition) is 6. The SMILES string of the molecule is COc1ccc2sc(OC3CCN(C(=O)CSCc4ccccc4)CC3)nc2c1. The molecule has 3 aromatic rings. The van der Waals surface area contributed by atoms with Crippen LogP contribution in [-0.2, 0) is 10.5 Å². The Morgan fingerprint density at radius 1 is 1.21 bits per heavy atom. The molecule has 7 heteroatoms. The number of thiazole rings is 1. The Morgan fingerprint density at radius 3 is 2.76 bits per heavy atom. The molecular weight excluding hydrogens is 404 g/mol. The van der Waals surface area contributed by atoms with Crippen molar-refractivity contribution in [2.75, 3.05) is 26.0 Å². The summed E-state index contributed by atoms with van der Waals surface area (Å²) in [7, 11) is 1.65. The van der Waals surface area contributed by atoms with Gasteiger partial charge in [-0.25, -0.2) is 4.98 Å². The first kappa shape index (κ1) is 20.0. The summed E-state index contributed by atoms with van der Waals surface area (Å²) in [6.07, 6.45) is 1.79. The second-order valence-corrected chi connectivity index (χ2v) is 8.97. The number of ether oxygens (including phenoxy) is 2. The van der Waals surface area contributed by atoms with Crippen LogP contribution in [0.4, 0.5) is 0 Å². The van der Waals surface area contributed by atoms with E-state index in [1.54, 1.807) is 30.2 Å². The standard InChI is InChI=1S/C22H24N2O3S2/c1-26-18-7-8-20-19(13-18)23-22(29-20)27-17-9-11-24(12-10-17)21(25)15-28-14-16-5-3-2-4-6-16/h2-8,13,17H,9-12,14-15H2,1H3. The fourth-order valence-corrected chi connectivity index (χ4v) is 5.10. The van der Waals surface area contributed by atoms with E-state index in [4.69, 9.17) is 9.47 Å². The van der Waals surface area contributed by atoms with Crippen molar-refractivity contribution >= 4 is 39.2 Å². The number of amides is 1. The first-order valence-corrected chi connectivity index (χ1v) is 11.7. The second kappa shape index (κ2) is 9.50. The Morgan fingerprint density at radius 2 is 2.00 bits per heavy atom. The van der Waals surface area contributed by atoms with Gasteiger partial charge in [-0.2, -0.15) is 0 Å². The number of methoxy groups -OCH3 is 1. The van der Waals surface area contributed by atoms with E-state index in [9.17, 15) is 4.79 Å². The van der Waals surface area contributed by atoms with Crippen molar-refractivity contribution in [2.45, 2.75) is 24.7 Å². The molecule has 0 bridgehead atoms. The molecule has 1 aliphatic rings. The summed E-state index contributed by atoms with van der Waals surface area (Å²) in [5, 5.41) is 0.691. The van der Waals surface area contributed by atoms with Crippen molar-refractivity contribution in [1.29, 1.82) is 0 Å². The molecule has 2 aromatic carbocycles. The van der Waals surface area contributed by atoms with Crippen LogP contribution in [0, 0.1) is 0 Å². The van der Waals surface area contributed by atoms with E-state index < -0.39 is 0 Å². The highest BCUT2D eigenvalue weighted by molar-refractivity contribution is 7.99. The highest BCUT2D eigenvalue weighted by atomic mass is 32.2. The molecule has 0 saturated carbocycles. The predicted molar refractivity (Wildman–Crippen MR) is 119 cm³/mol. The van der Waals surface area contributed by atoms with Gasteiger partial charge in [0.25, 0.3) is 5.19 Å². The van der Waals surface area contributed by atoms with Crippen molar-refractivity contribution in [2.24, 2.45) is 0 Å². The normalized spacial score (nSPS) is 14.9. The van der Waals surface area contributed by atoms with Crippen LogP contribution in [0.25, 0.3) is 10.2 Å². The fourth-order valence-electron chi connectivity index (χ4n) is 3.35. The van der Waals surface area contributed by atoms with Crippen LogP contribution < -0.4 is 9.47 Å². The van der Waals surface area contributed by atoms with Crippen LogP contribution in [0.2, 0.25) is 0 Å². The lowest BCUT2D eigenvalue weighted by atomic mass is 10.1. The minimum absolute atomic E-state index is 0.110. The van der Waals surface area contributed by atoms with E-state index in [2.05, 4.69) is 17.1 Å². The number of nitrogens with zero attached hydrogens (tertiary/aromatic N) is 2. The summed E-state index contributed by atoms with van der Waals surface area (Å²) in [5.41, 5.74) is 2.15. The molecule has 2 heterocycles. The molecule has 1 saturated heterocycles. The minimum Gasteiger partial charge on any atom is -0.497 e. The van der Waals surface area contributed by atoms with Crippen LogP contribution >= 0.6 is 23.1 Å². The largest absolute Gasteiger partial charge is 0.497 e. The molecule has 1 fully saturated rings. The Kier molecular flexibility index (Phi) is 6.56. The minimum atomic E-state index is 0.110. The van der Waals surface area contributed by atoms with Crippen LogP contribution in [-0.4, -0.2) is 47.8 Å². The Hall–Kier alpha value is -2.25.